The molecule has 1 aromatic carbocycles. The van der Waals surface area contributed by atoms with Crippen LogP contribution in [0.5, 0.6) is 0 Å². The van der Waals surface area contributed by atoms with E-state index >= 15 is 0 Å². The topological polar surface area (TPSA) is 98.3 Å². The molecule has 0 spiro atoms. The number of halogens is 1. The summed E-state index contributed by atoms with van der Waals surface area (Å²) in [6, 6.07) is 6.37. The number of hydrogen-bond donors (Lipinski definition) is 2. The zero-order valence-corrected chi connectivity index (χ0v) is 13.8. The van der Waals surface area contributed by atoms with Gasteiger partial charge in [-0.25, -0.2) is 0 Å². The van der Waals surface area contributed by atoms with E-state index in [-0.39, 0.29) is 29.5 Å². The molecule has 0 heterocycles. The molecule has 22 heavy (non-hydrogen) atoms. The molecule has 124 valence electrons. The van der Waals surface area contributed by atoms with Crippen molar-refractivity contribution in [2.45, 2.75) is 45.1 Å². The van der Waals surface area contributed by atoms with E-state index in [1.54, 1.807) is 12.1 Å². The average molecular weight is 330 g/mol. The monoisotopic (exact) mass is 329 g/mol. The molecule has 1 rings (SSSR count). The fourth-order valence-corrected chi connectivity index (χ4v) is 2.21. The van der Waals surface area contributed by atoms with Crippen molar-refractivity contribution in [1.29, 1.82) is 0 Å². The summed E-state index contributed by atoms with van der Waals surface area (Å²) >= 11 is 0. The Morgan fingerprint density at radius 3 is 2.50 bits per heavy atom. The van der Waals surface area contributed by atoms with E-state index in [1.165, 1.54) is 12.1 Å². The number of nitrogens with two attached hydrogens (primary N) is 1. The molecule has 0 aromatic heterocycles. The standard InChI is InChI=1S/C15H23N3O3.ClH/c1-3-15(4-2,11-16)17-14(19)9-8-12-6-5-7-13(10-12)18(20)21;/h5-7,10H,3-4,8-9,11,16H2,1-2H3,(H,17,19);1H. The summed E-state index contributed by atoms with van der Waals surface area (Å²) < 4.78 is 0. The first-order chi connectivity index (χ1) is 9.96. The molecule has 3 N–H and O–H groups in total. The second-order valence-corrected chi connectivity index (χ2v) is 5.17. The number of nitrogens with zero attached hydrogens (tertiary/aromatic N) is 1. The van der Waals surface area contributed by atoms with Gasteiger partial charge in [0.25, 0.3) is 5.69 Å². The minimum Gasteiger partial charge on any atom is -0.349 e. The van der Waals surface area contributed by atoms with Gasteiger partial charge in [0.15, 0.2) is 0 Å². The Hall–Kier alpha value is -1.66. The number of benzene rings is 1. The number of nitro benzene ring substituents is 1. The number of carbonyl (C=O) groups is 1. The average Bonchev–Trinajstić information content (AvgIpc) is 2.51. The highest BCUT2D eigenvalue weighted by Crippen LogP contribution is 2.16. The summed E-state index contributed by atoms with van der Waals surface area (Å²) in [7, 11) is 0. The van der Waals surface area contributed by atoms with Crippen LogP contribution in [0, 0.1) is 10.1 Å². The normalized spacial score (nSPS) is 10.7. The van der Waals surface area contributed by atoms with E-state index in [0.29, 0.717) is 19.4 Å². The Morgan fingerprint density at radius 2 is 2.00 bits per heavy atom. The lowest BCUT2D eigenvalue weighted by atomic mass is 9.92. The van der Waals surface area contributed by atoms with E-state index < -0.39 is 4.92 Å². The molecule has 0 aliphatic heterocycles. The van der Waals surface area contributed by atoms with Crippen molar-refractivity contribution in [3.05, 3.63) is 39.9 Å². The summed E-state index contributed by atoms with van der Waals surface area (Å²) in [4.78, 5) is 22.3. The summed E-state index contributed by atoms with van der Waals surface area (Å²) in [5.41, 5.74) is 6.23. The maximum absolute atomic E-state index is 12.0. The predicted octanol–water partition coefficient (Wildman–Crippen LogP) is 2.58. The lowest BCUT2D eigenvalue weighted by Gasteiger charge is -2.31. The van der Waals surface area contributed by atoms with Crippen LogP contribution in [0.3, 0.4) is 0 Å². The molecule has 0 unspecified atom stereocenters. The van der Waals surface area contributed by atoms with Gasteiger partial charge in [0, 0.05) is 25.1 Å². The first kappa shape index (κ1) is 20.3. The van der Waals surface area contributed by atoms with Crippen molar-refractivity contribution in [3.63, 3.8) is 0 Å². The zero-order chi connectivity index (χ0) is 15.9. The molecule has 0 aliphatic carbocycles. The van der Waals surface area contributed by atoms with Crippen LogP contribution in [-0.2, 0) is 11.2 Å². The Kier molecular flexibility index (Phi) is 8.67. The number of non-ortho nitro benzene ring substituents is 1. The number of nitro groups is 1. The van der Waals surface area contributed by atoms with Crippen molar-refractivity contribution in [2.75, 3.05) is 6.54 Å². The van der Waals surface area contributed by atoms with Crippen LogP contribution in [0.15, 0.2) is 24.3 Å². The lowest BCUT2D eigenvalue weighted by molar-refractivity contribution is -0.384. The number of rotatable bonds is 8. The molecular formula is C15H24ClN3O3. The summed E-state index contributed by atoms with van der Waals surface area (Å²) in [5, 5.41) is 13.7. The van der Waals surface area contributed by atoms with Gasteiger partial charge in [0.2, 0.25) is 5.91 Å². The van der Waals surface area contributed by atoms with Crippen LogP contribution in [0.1, 0.15) is 38.7 Å². The Balaban J connectivity index is 0.00000441. The van der Waals surface area contributed by atoms with E-state index in [1.807, 2.05) is 13.8 Å². The third kappa shape index (κ3) is 5.61. The third-order valence-corrected chi connectivity index (χ3v) is 3.91. The number of aryl methyl sites for hydroxylation is 1. The van der Waals surface area contributed by atoms with Crippen LogP contribution in [-0.4, -0.2) is 22.9 Å². The van der Waals surface area contributed by atoms with E-state index in [0.717, 1.165) is 18.4 Å². The number of nitrogens with one attached hydrogen (secondary N) is 1. The molecule has 0 saturated carbocycles. The van der Waals surface area contributed by atoms with E-state index in [2.05, 4.69) is 5.32 Å². The van der Waals surface area contributed by atoms with Gasteiger partial charge < -0.3 is 11.1 Å². The molecule has 7 heteroatoms. The van der Waals surface area contributed by atoms with Crippen LogP contribution >= 0.6 is 12.4 Å². The number of hydrogen-bond acceptors (Lipinski definition) is 4. The van der Waals surface area contributed by atoms with Crippen molar-refractivity contribution in [2.24, 2.45) is 5.73 Å². The van der Waals surface area contributed by atoms with Gasteiger partial charge in [0.05, 0.1) is 10.5 Å². The van der Waals surface area contributed by atoms with Crippen molar-refractivity contribution >= 4 is 24.0 Å². The minimum absolute atomic E-state index is 0. The number of carbonyl (C=O) groups excluding carboxylic acids is 1. The molecule has 0 bridgehead atoms. The molecule has 0 fully saturated rings. The third-order valence-electron chi connectivity index (χ3n) is 3.91. The highest BCUT2D eigenvalue weighted by atomic mass is 35.5. The largest absolute Gasteiger partial charge is 0.349 e. The van der Waals surface area contributed by atoms with Gasteiger partial charge in [-0.3, -0.25) is 14.9 Å². The van der Waals surface area contributed by atoms with Crippen molar-refractivity contribution < 1.29 is 9.72 Å². The summed E-state index contributed by atoms with van der Waals surface area (Å²) in [6.45, 7) is 4.40. The van der Waals surface area contributed by atoms with Crippen LogP contribution in [0.2, 0.25) is 0 Å². The van der Waals surface area contributed by atoms with E-state index in [9.17, 15) is 14.9 Å². The Morgan fingerprint density at radius 1 is 1.36 bits per heavy atom. The SMILES string of the molecule is CCC(CC)(CN)NC(=O)CCc1cccc([N+](=O)[O-])c1.Cl. The fraction of sp³-hybridized carbons (Fsp3) is 0.533. The summed E-state index contributed by atoms with van der Waals surface area (Å²) in [5.74, 6) is -0.0735. The molecule has 0 saturated heterocycles. The van der Waals surface area contributed by atoms with Gasteiger partial charge in [-0.2, -0.15) is 0 Å². The van der Waals surface area contributed by atoms with Crippen molar-refractivity contribution in [1.82, 2.24) is 5.32 Å². The quantitative estimate of drug-likeness (QED) is 0.565. The molecule has 0 radical (unpaired) electrons. The van der Waals surface area contributed by atoms with Gasteiger partial charge in [0.1, 0.15) is 0 Å². The highest BCUT2D eigenvalue weighted by molar-refractivity contribution is 5.85. The number of amides is 1. The molecule has 1 aromatic rings. The van der Waals surface area contributed by atoms with Crippen LogP contribution in [0.25, 0.3) is 0 Å². The highest BCUT2D eigenvalue weighted by Gasteiger charge is 2.25. The van der Waals surface area contributed by atoms with E-state index in [4.69, 9.17) is 5.73 Å². The molecule has 1 amide bonds. The predicted molar refractivity (Wildman–Crippen MR) is 89.2 cm³/mol. The first-order valence-corrected chi connectivity index (χ1v) is 7.20. The van der Waals surface area contributed by atoms with Crippen molar-refractivity contribution in [3.8, 4) is 0 Å². The second kappa shape index (κ2) is 9.38. The molecule has 0 aliphatic rings. The van der Waals surface area contributed by atoms with Crippen LogP contribution < -0.4 is 11.1 Å². The van der Waals surface area contributed by atoms with Gasteiger partial charge >= 0.3 is 0 Å². The zero-order valence-electron chi connectivity index (χ0n) is 13.0. The lowest BCUT2D eigenvalue weighted by Crippen LogP contribution is -2.52. The Labute approximate surface area is 137 Å². The summed E-state index contributed by atoms with van der Waals surface area (Å²) in [6.07, 6.45) is 2.33. The minimum atomic E-state index is -0.433. The second-order valence-electron chi connectivity index (χ2n) is 5.17. The van der Waals surface area contributed by atoms with Crippen LogP contribution in [0.4, 0.5) is 5.69 Å². The van der Waals surface area contributed by atoms with Gasteiger partial charge in [-0.05, 0) is 24.8 Å². The Bertz CT molecular complexity index is 496. The molecular weight excluding hydrogens is 306 g/mol. The van der Waals surface area contributed by atoms with Gasteiger partial charge in [-0.15, -0.1) is 12.4 Å². The first-order valence-electron chi connectivity index (χ1n) is 7.20. The maximum Gasteiger partial charge on any atom is 0.269 e. The van der Waals surface area contributed by atoms with Gasteiger partial charge in [-0.1, -0.05) is 26.0 Å². The smallest absolute Gasteiger partial charge is 0.269 e. The molecule has 6 nitrogen and oxygen atoms in total. The molecule has 0 atom stereocenters. The maximum atomic E-state index is 12.0. The fourth-order valence-electron chi connectivity index (χ4n) is 2.21.